The normalized spacial score (nSPS) is 22.7. The van der Waals surface area contributed by atoms with Crippen LogP contribution in [0, 0.1) is 5.92 Å². The molecular weight excluding hydrogens is 186 g/mol. The molecule has 0 aromatic carbocycles. The predicted molar refractivity (Wildman–Crippen MR) is 51.4 cm³/mol. The number of rotatable bonds is 2. The maximum Gasteiger partial charge on any atom is 0.225 e. The van der Waals surface area contributed by atoms with Crippen LogP contribution in [0.4, 0.5) is 0 Å². The van der Waals surface area contributed by atoms with Gasteiger partial charge in [-0.25, -0.2) is 0 Å². The van der Waals surface area contributed by atoms with Gasteiger partial charge >= 0.3 is 0 Å². The van der Waals surface area contributed by atoms with E-state index in [0.29, 0.717) is 17.1 Å². The van der Waals surface area contributed by atoms with Crippen molar-refractivity contribution >= 4 is 22.8 Å². The molecule has 4 heteroatoms. The van der Waals surface area contributed by atoms with Gasteiger partial charge in [0.25, 0.3) is 0 Å². The maximum atomic E-state index is 11.5. The van der Waals surface area contributed by atoms with Crippen LogP contribution >= 0.6 is 11.8 Å². The van der Waals surface area contributed by atoms with Crippen LogP contribution in [0.3, 0.4) is 0 Å². The minimum atomic E-state index is 0.156. The predicted octanol–water partition coefficient (Wildman–Crippen LogP) is 0.887. The summed E-state index contributed by atoms with van der Waals surface area (Å²) in [5.41, 5.74) is 0. The van der Waals surface area contributed by atoms with Gasteiger partial charge in [-0.05, 0) is 12.8 Å². The zero-order chi connectivity index (χ0) is 9.42. The third-order valence-electron chi connectivity index (χ3n) is 2.42. The van der Waals surface area contributed by atoms with Crippen LogP contribution in [0.15, 0.2) is 0 Å². The SMILES string of the molecule is CC(=O)SC1CN(C(=O)C2CC2)C1. The summed E-state index contributed by atoms with van der Waals surface area (Å²) in [5, 5.41) is 0.517. The third-order valence-corrected chi connectivity index (χ3v) is 3.38. The largest absolute Gasteiger partial charge is 0.340 e. The molecule has 1 heterocycles. The van der Waals surface area contributed by atoms with Crippen molar-refractivity contribution in [3.05, 3.63) is 0 Å². The Balaban J connectivity index is 1.71. The molecule has 0 radical (unpaired) electrons. The first-order chi connectivity index (χ1) is 6.16. The van der Waals surface area contributed by atoms with Gasteiger partial charge in [0.1, 0.15) is 0 Å². The minimum absolute atomic E-state index is 0.156. The molecule has 0 bridgehead atoms. The van der Waals surface area contributed by atoms with Crippen molar-refractivity contribution in [2.24, 2.45) is 5.92 Å². The van der Waals surface area contributed by atoms with Crippen LogP contribution in [0.25, 0.3) is 0 Å². The van der Waals surface area contributed by atoms with Crippen LogP contribution in [-0.4, -0.2) is 34.3 Å². The first-order valence-electron chi connectivity index (χ1n) is 4.63. The van der Waals surface area contributed by atoms with E-state index in [1.54, 1.807) is 6.92 Å². The van der Waals surface area contributed by atoms with Gasteiger partial charge in [-0.15, -0.1) is 0 Å². The first-order valence-corrected chi connectivity index (χ1v) is 5.51. The minimum Gasteiger partial charge on any atom is -0.340 e. The summed E-state index contributed by atoms with van der Waals surface area (Å²) < 4.78 is 0. The van der Waals surface area contributed by atoms with Gasteiger partial charge in [-0.2, -0.15) is 0 Å². The van der Waals surface area contributed by atoms with Crippen molar-refractivity contribution in [3.63, 3.8) is 0 Å². The molecule has 1 amide bonds. The molecule has 1 saturated heterocycles. The number of carbonyl (C=O) groups is 2. The van der Waals surface area contributed by atoms with E-state index in [9.17, 15) is 9.59 Å². The molecule has 0 aromatic heterocycles. The second-order valence-electron chi connectivity index (χ2n) is 3.75. The van der Waals surface area contributed by atoms with Crippen LogP contribution < -0.4 is 0 Å². The van der Waals surface area contributed by atoms with Crippen LogP contribution in [0.2, 0.25) is 0 Å². The van der Waals surface area contributed by atoms with Gasteiger partial charge in [0.2, 0.25) is 5.91 Å². The second kappa shape index (κ2) is 3.33. The molecule has 72 valence electrons. The van der Waals surface area contributed by atoms with Crippen LogP contribution in [-0.2, 0) is 9.59 Å². The fourth-order valence-corrected chi connectivity index (χ4v) is 2.49. The number of carbonyl (C=O) groups excluding carboxylic acids is 2. The number of thioether (sulfide) groups is 1. The highest BCUT2D eigenvalue weighted by Gasteiger charge is 2.39. The van der Waals surface area contributed by atoms with Crippen molar-refractivity contribution in [1.82, 2.24) is 4.90 Å². The summed E-state index contributed by atoms with van der Waals surface area (Å²) in [6.45, 7) is 3.13. The molecule has 2 rings (SSSR count). The van der Waals surface area contributed by atoms with E-state index in [-0.39, 0.29) is 5.12 Å². The number of hydrogen-bond acceptors (Lipinski definition) is 3. The molecule has 13 heavy (non-hydrogen) atoms. The van der Waals surface area contributed by atoms with E-state index in [1.165, 1.54) is 11.8 Å². The molecule has 1 saturated carbocycles. The van der Waals surface area contributed by atoms with Gasteiger partial charge in [0.05, 0.1) is 0 Å². The lowest BCUT2D eigenvalue weighted by Gasteiger charge is -2.38. The van der Waals surface area contributed by atoms with Crippen molar-refractivity contribution in [2.45, 2.75) is 25.0 Å². The Morgan fingerprint density at radius 3 is 2.38 bits per heavy atom. The molecule has 1 aliphatic heterocycles. The lowest BCUT2D eigenvalue weighted by molar-refractivity contribution is -0.135. The zero-order valence-electron chi connectivity index (χ0n) is 7.66. The molecule has 3 nitrogen and oxygen atoms in total. The van der Waals surface area contributed by atoms with E-state index in [1.807, 2.05) is 4.90 Å². The molecule has 1 aliphatic carbocycles. The molecule has 2 aliphatic rings. The Morgan fingerprint density at radius 1 is 1.31 bits per heavy atom. The molecular formula is C9H13NO2S. The van der Waals surface area contributed by atoms with Crippen LogP contribution in [0.5, 0.6) is 0 Å². The summed E-state index contributed by atoms with van der Waals surface area (Å²) in [6.07, 6.45) is 2.14. The van der Waals surface area contributed by atoms with Gasteiger partial charge in [0.15, 0.2) is 5.12 Å². The maximum absolute atomic E-state index is 11.5. The summed E-state index contributed by atoms with van der Waals surface area (Å²) in [7, 11) is 0. The molecule has 2 fully saturated rings. The van der Waals surface area contributed by atoms with Gasteiger partial charge in [0, 0.05) is 31.2 Å². The van der Waals surface area contributed by atoms with E-state index in [4.69, 9.17) is 0 Å². The van der Waals surface area contributed by atoms with Crippen molar-refractivity contribution in [2.75, 3.05) is 13.1 Å². The molecule has 0 unspecified atom stereocenters. The lowest BCUT2D eigenvalue weighted by Crippen LogP contribution is -2.52. The van der Waals surface area contributed by atoms with Gasteiger partial charge in [-0.3, -0.25) is 9.59 Å². The third kappa shape index (κ3) is 2.05. The van der Waals surface area contributed by atoms with Crippen molar-refractivity contribution in [3.8, 4) is 0 Å². The molecule has 0 N–H and O–H groups in total. The zero-order valence-corrected chi connectivity index (χ0v) is 8.47. The Bertz CT molecular complexity index is 244. The van der Waals surface area contributed by atoms with E-state index >= 15 is 0 Å². The Hall–Kier alpha value is -0.510. The average molecular weight is 199 g/mol. The monoisotopic (exact) mass is 199 g/mol. The van der Waals surface area contributed by atoms with Crippen molar-refractivity contribution in [1.29, 1.82) is 0 Å². The standard InChI is InChI=1S/C9H13NO2S/c1-6(11)13-8-4-10(5-8)9(12)7-2-3-7/h7-8H,2-5H2,1H3. The van der Waals surface area contributed by atoms with E-state index < -0.39 is 0 Å². The first kappa shape index (κ1) is 9.06. The second-order valence-corrected chi connectivity index (χ2v) is 5.23. The Labute approximate surface area is 81.9 Å². The Kier molecular flexibility index (Phi) is 2.32. The van der Waals surface area contributed by atoms with Crippen LogP contribution in [0.1, 0.15) is 19.8 Å². The highest BCUT2D eigenvalue weighted by atomic mass is 32.2. The summed E-state index contributed by atoms with van der Waals surface area (Å²) >= 11 is 1.36. The number of hydrogen-bond donors (Lipinski definition) is 0. The quantitative estimate of drug-likeness (QED) is 0.662. The summed E-state index contributed by atoms with van der Waals surface area (Å²) in [5.74, 6) is 0.628. The average Bonchev–Trinajstić information content (AvgIpc) is 2.75. The van der Waals surface area contributed by atoms with Crippen molar-refractivity contribution < 1.29 is 9.59 Å². The Morgan fingerprint density at radius 2 is 1.92 bits per heavy atom. The summed E-state index contributed by atoms with van der Waals surface area (Å²) in [4.78, 5) is 24.1. The molecule has 0 atom stereocenters. The fraction of sp³-hybridized carbons (Fsp3) is 0.778. The lowest BCUT2D eigenvalue weighted by atomic mass is 10.2. The highest BCUT2D eigenvalue weighted by molar-refractivity contribution is 8.14. The van der Waals surface area contributed by atoms with E-state index in [2.05, 4.69) is 0 Å². The summed E-state index contributed by atoms with van der Waals surface area (Å²) in [6, 6.07) is 0. The van der Waals surface area contributed by atoms with Gasteiger partial charge in [-0.1, -0.05) is 11.8 Å². The fourth-order valence-electron chi connectivity index (χ4n) is 1.52. The number of likely N-dealkylation sites (tertiary alicyclic amines) is 1. The van der Waals surface area contributed by atoms with Gasteiger partial charge < -0.3 is 4.90 Å². The molecule has 0 spiro atoms. The highest BCUT2D eigenvalue weighted by Crippen LogP contribution is 2.34. The smallest absolute Gasteiger partial charge is 0.225 e. The topological polar surface area (TPSA) is 37.4 Å². The van der Waals surface area contributed by atoms with E-state index in [0.717, 1.165) is 25.9 Å². The number of nitrogens with zero attached hydrogens (tertiary/aromatic N) is 1. The number of amides is 1. The molecule has 0 aromatic rings.